The monoisotopic (exact) mass is 274 g/mol. The molecular weight excluding hydrogens is 252 g/mol. The Morgan fingerprint density at radius 1 is 1.33 bits per heavy atom. The zero-order valence-corrected chi connectivity index (χ0v) is 11.6. The normalized spacial score (nSPS) is 11.8. The summed E-state index contributed by atoms with van der Waals surface area (Å²) in [5.74, 6) is 1.07. The van der Waals surface area contributed by atoms with Gasteiger partial charge in [-0.2, -0.15) is 0 Å². The first-order valence-electron chi connectivity index (χ1n) is 6.30. The summed E-state index contributed by atoms with van der Waals surface area (Å²) in [7, 11) is -3.12. The smallest absolute Gasteiger partial charge is 0.211 e. The Morgan fingerprint density at radius 3 is 2.83 bits per heavy atom. The maximum Gasteiger partial charge on any atom is 0.211 e. The summed E-state index contributed by atoms with van der Waals surface area (Å²) in [6.45, 7) is 4.08. The van der Waals surface area contributed by atoms with Crippen LogP contribution in [0.3, 0.4) is 0 Å². The largest absolute Gasteiger partial charge is 0.349 e. The van der Waals surface area contributed by atoms with Gasteiger partial charge in [0.1, 0.15) is 5.82 Å². The summed E-state index contributed by atoms with van der Waals surface area (Å²) in [5.41, 5.74) is 0. The number of hydrogen-bond acceptors (Lipinski definition) is 4. The van der Waals surface area contributed by atoms with Gasteiger partial charge in [-0.25, -0.2) is 18.1 Å². The Morgan fingerprint density at radius 2 is 2.17 bits per heavy atom. The third-order valence-corrected chi connectivity index (χ3v) is 3.95. The third-order valence-electron chi connectivity index (χ3n) is 2.48. The molecule has 0 aliphatic heterocycles. The molecule has 6 nitrogen and oxygen atoms in total. The number of H-pyrrole nitrogens is 1. The van der Waals surface area contributed by atoms with Crippen LogP contribution in [0.4, 0.5) is 0 Å². The molecule has 0 bridgehead atoms. The molecule has 3 N–H and O–H groups in total. The van der Waals surface area contributed by atoms with Gasteiger partial charge in [0, 0.05) is 25.4 Å². The Hall–Kier alpha value is -0.920. The average molecular weight is 274 g/mol. The van der Waals surface area contributed by atoms with Gasteiger partial charge < -0.3 is 10.3 Å². The van der Waals surface area contributed by atoms with Crippen molar-refractivity contribution in [3.05, 3.63) is 18.2 Å². The highest BCUT2D eigenvalue weighted by atomic mass is 32.2. The van der Waals surface area contributed by atoms with Gasteiger partial charge in [0.25, 0.3) is 0 Å². The van der Waals surface area contributed by atoms with E-state index in [1.54, 1.807) is 12.4 Å². The Balaban J connectivity index is 2.09. The van der Waals surface area contributed by atoms with Crippen LogP contribution in [-0.4, -0.2) is 43.8 Å². The van der Waals surface area contributed by atoms with Crippen LogP contribution in [0, 0.1) is 0 Å². The summed E-state index contributed by atoms with van der Waals surface area (Å²) in [6.07, 6.45) is 5.61. The molecule has 0 saturated heterocycles. The lowest BCUT2D eigenvalue weighted by atomic mass is 10.3. The predicted molar refractivity (Wildman–Crippen MR) is 71.9 cm³/mol. The van der Waals surface area contributed by atoms with E-state index in [9.17, 15) is 8.42 Å². The van der Waals surface area contributed by atoms with Gasteiger partial charge in [-0.3, -0.25) is 0 Å². The highest BCUT2D eigenvalue weighted by Crippen LogP contribution is 1.95. The van der Waals surface area contributed by atoms with Gasteiger partial charge in [0.2, 0.25) is 10.0 Å². The second-order valence-corrected chi connectivity index (χ2v) is 5.99. The molecule has 1 heterocycles. The van der Waals surface area contributed by atoms with E-state index in [1.165, 1.54) is 0 Å². The number of aromatic nitrogens is 2. The zero-order chi connectivity index (χ0) is 13.3. The topological polar surface area (TPSA) is 86.9 Å². The lowest BCUT2D eigenvalue weighted by Crippen LogP contribution is -2.29. The van der Waals surface area contributed by atoms with Crippen molar-refractivity contribution in [3.8, 4) is 0 Å². The van der Waals surface area contributed by atoms with Gasteiger partial charge in [0.05, 0.1) is 5.75 Å². The van der Waals surface area contributed by atoms with Crippen molar-refractivity contribution in [2.24, 2.45) is 0 Å². The first-order chi connectivity index (χ1) is 8.64. The fourth-order valence-corrected chi connectivity index (χ4v) is 2.68. The lowest BCUT2D eigenvalue weighted by molar-refractivity contribution is 0.573. The summed E-state index contributed by atoms with van der Waals surface area (Å²) >= 11 is 0. The van der Waals surface area contributed by atoms with Crippen LogP contribution in [0.25, 0.3) is 0 Å². The third kappa shape index (κ3) is 6.73. The van der Waals surface area contributed by atoms with Gasteiger partial charge in [-0.1, -0.05) is 6.92 Å². The van der Waals surface area contributed by atoms with Crippen LogP contribution >= 0.6 is 0 Å². The summed E-state index contributed by atoms with van der Waals surface area (Å²) in [6, 6.07) is 0. The SMILES string of the molecule is CCNCCCS(=O)(=O)NCCCc1ncc[nH]1. The highest BCUT2D eigenvalue weighted by Gasteiger charge is 2.08. The highest BCUT2D eigenvalue weighted by molar-refractivity contribution is 7.89. The number of nitrogens with zero attached hydrogens (tertiary/aromatic N) is 1. The molecule has 0 fully saturated rings. The fourth-order valence-electron chi connectivity index (χ4n) is 1.55. The molecule has 1 rings (SSSR count). The van der Waals surface area contributed by atoms with Crippen LogP contribution < -0.4 is 10.0 Å². The van der Waals surface area contributed by atoms with Gasteiger partial charge in [0.15, 0.2) is 0 Å². The Kier molecular flexibility index (Phi) is 6.92. The van der Waals surface area contributed by atoms with Crippen LogP contribution in [0.15, 0.2) is 12.4 Å². The van der Waals surface area contributed by atoms with E-state index in [0.29, 0.717) is 13.0 Å². The summed E-state index contributed by atoms with van der Waals surface area (Å²) in [5, 5.41) is 3.10. The second-order valence-electron chi connectivity index (χ2n) is 4.06. The molecule has 0 atom stereocenters. The number of aromatic amines is 1. The van der Waals surface area contributed by atoms with Crippen molar-refractivity contribution in [2.45, 2.75) is 26.2 Å². The number of sulfonamides is 1. The van der Waals surface area contributed by atoms with E-state index in [4.69, 9.17) is 0 Å². The van der Waals surface area contributed by atoms with Crippen LogP contribution in [0.2, 0.25) is 0 Å². The van der Waals surface area contributed by atoms with E-state index in [1.807, 2.05) is 6.92 Å². The first-order valence-corrected chi connectivity index (χ1v) is 7.95. The van der Waals surface area contributed by atoms with E-state index in [0.717, 1.165) is 31.8 Å². The maximum atomic E-state index is 11.6. The molecule has 0 spiro atoms. The second kappa shape index (κ2) is 8.23. The molecule has 0 unspecified atom stereocenters. The minimum atomic E-state index is -3.12. The standard InChI is InChI=1S/C11H22N4O2S/c1-2-12-6-4-10-18(16,17)15-7-3-5-11-13-8-9-14-11/h8-9,12,15H,2-7,10H2,1H3,(H,13,14). The Labute approximate surface area is 109 Å². The number of hydrogen-bond donors (Lipinski definition) is 3. The molecule has 7 heteroatoms. The molecule has 18 heavy (non-hydrogen) atoms. The van der Waals surface area contributed by atoms with Crippen molar-refractivity contribution in [1.29, 1.82) is 0 Å². The molecule has 0 aromatic carbocycles. The number of imidazole rings is 1. The molecule has 104 valence electrons. The number of nitrogens with one attached hydrogen (secondary N) is 3. The van der Waals surface area contributed by atoms with Crippen molar-refractivity contribution in [2.75, 3.05) is 25.4 Å². The van der Waals surface area contributed by atoms with Gasteiger partial charge in [-0.15, -0.1) is 0 Å². The summed E-state index contributed by atoms with van der Waals surface area (Å²) < 4.78 is 25.8. The first kappa shape index (κ1) is 15.1. The minimum Gasteiger partial charge on any atom is -0.349 e. The van der Waals surface area contributed by atoms with E-state index >= 15 is 0 Å². The molecule has 0 saturated carbocycles. The van der Waals surface area contributed by atoms with E-state index in [2.05, 4.69) is 20.0 Å². The minimum absolute atomic E-state index is 0.181. The molecular formula is C11H22N4O2S. The molecule has 0 radical (unpaired) electrons. The molecule has 0 amide bonds. The molecule has 1 aromatic rings. The molecule has 0 aliphatic carbocycles. The van der Waals surface area contributed by atoms with Crippen LogP contribution in [0.5, 0.6) is 0 Å². The Bertz CT molecular complexity index is 403. The van der Waals surface area contributed by atoms with Gasteiger partial charge in [-0.05, 0) is 25.9 Å². The van der Waals surface area contributed by atoms with E-state index < -0.39 is 10.0 Å². The van der Waals surface area contributed by atoms with Crippen molar-refractivity contribution in [1.82, 2.24) is 20.0 Å². The van der Waals surface area contributed by atoms with Crippen LogP contribution in [0.1, 0.15) is 25.6 Å². The fraction of sp³-hybridized carbons (Fsp3) is 0.727. The quantitative estimate of drug-likeness (QED) is 0.534. The number of rotatable bonds is 10. The molecule has 0 aliphatic rings. The lowest BCUT2D eigenvalue weighted by Gasteiger charge is -2.06. The van der Waals surface area contributed by atoms with Crippen molar-refractivity contribution in [3.63, 3.8) is 0 Å². The maximum absolute atomic E-state index is 11.6. The zero-order valence-electron chi connectivity index (χ0n) is 10.8. The average Bonchev–Trinajstić information content (AvgIpc) is 2.83. The van der Waals surface area contributed by atoms with Crippen molar-refractivity contribution >= 4 is 10.0 Å². The van der Waals surface area contributed by atoms with E-state index in [-0.39, 0.29) is 5.75 Å². The molecule has 1 aromatic heterocycles. The number of aryl methyl sites for hydroxylation is 1. The van der Waals surface area contributed by atoms with Gasteiger partial charge >= 0.3 is 0 Å². The van der Waals surface area contributed by atoms with Crippen molar-refractivity contribution < 1.29 is 8.42 Å². The predicted octanol–water partition coefficient (Wildman–Crippen LogP) is 0.261. The summed E-state index contributed by atoms with van der Waals surface area (Å²) in [4.78, 5) is 7.07. The van der Waals surface area contributed by atoms with Crippen LogP contribution in [-0.2, 0) is 16.4 Å².